The molecule has 0 saturated heterocycles. The summed E-state index contributed by atoms with van der Waals surface area (Å²) >= 11 is 0. The lowest BCUT2D eigenvalue weighted by atomic mass is 9.83. The zero-order valence-electron chi connectivity index (χ0n) is 22.3. The van der Waals surface area contributed by atoms with Gasteiger partial charge in [0.05, 0.1) is 5.69 Å². The summed E-state index contributed by atoms with van der Waals surface area (Å²) in [6.07, 6.45) is 1.45. The lowest BCUT2D eigenvalue weighted by Gasteiger charge is -2.35. The number of esters is 1. The molecule has 5 nitrogen and oxygen atoms in total. The number of Topliss-reactive ketones (excluding diaryl/α,β-unsaturated/α-hetero) is 1. The van der Waals surface area contributed by atoms with E-state index in [0.717, 1.165) is 22.3 Å². The molecule has 40 heavy (non-hydrogen) atoms. The Morgan fingerprint density at radius 3 is 1.73 bits per heavy atom. The summed E-state index contributed by atoms with van der Waals surface area (Å²) in [6, 6.07) is 36.8. The number of carbonyl (C=O) groups is 3. The van der Waals surface area contributed by atoms with Crippen LogP contribution < -0.4 is 38.2 Å². The molecule has 1 atom stereocenters. The first-order valence-corrected chi connectivity index (χ1v) is 15.2. The number of rotatable bonds is 9. The molecule has 4 aromatic carbocycles. The van der Waals surface area contributed by atoms with Gasteiger partial charge < -0.3 is 27.0 Å². The second-order valence-corrected chi connectivity index (χ2v) is 13.2. The van der Waals surface area contributed by atoms with Gasteiger partial charge in [-0.25, -0.2) is 4.79 Å². The van der Waals surface area contributed by atoms with Gasteiger partial charge in [0.25, 0.3) is 11.5 Å². The van der Waals surface area contributed by atoms with E-state index in [2.05, 4.69) is 5.32 Å². The minimum Gasteiger partial charge on any atom is -1.00 e. The van der Waals surface area contributed by atoms with Crippen molar-refractivity contribution in [1.82, 2.24) is 0 Å². The quantitative estimate of drug-likeness (QED) is 0.178. The Kier molecular flexibility index (Phi) is 9.34. The Hall–Kier alpha value is -3.60. The van der Waals surface area contributed by atoms with E-state index in [-0.39, 0.29) is 29.6 Å². The minimum absolute atomic E-state index is 0. The van der Waals surface area contributed by atoms with Crippen LogP contribution >= 0.6 is 7.26 Å². The van der Waals surface area contributed by atoms with Crippen LogP contribution in [-0.2, 0) is 14.3 Å². The highest BCUT2D eigenvalue weighted by Crippen LogP contribution is 2.55. The van der Waals surface area contributed by atoms with Crippen LogP contribution in [0.25, 0.3) is 0 Å². The third-order valence-corrected chi connectivity index (χ3v) is 11.6. The first-order valence-electron chi connectivity index (χ1n) is 13.2. The number of hydrogen-bond acceptors (Lipinski definition) is 4. The Labute approximate surface area is 246 Å². The van der Waals surface area contributed by atoms with Gasteiger partial charge in [0.2, 0.25) is 5.78 Å². The lowest BCUT2D eigenvalue weighted by molar-refractivity contribution is -0.159. The zero-order chi connectivity index (χ0) is 27.3. The van der Waals surface area contributed by atoms with Gasteiger partial charge in [-0.15, -0.1) is 0 Å². The Morgan fingerprint density at radius 2 is 1.23 bits per heavy atom. The maximum atomic E-state index is 14.1. The molecular weight excluding hydrogens is 585 g/mol. The topological polar surface area (TPSA) is 72.5 Å². The standard InChI is InChI=1S/C33H30NO4P.BrH/c1-2-3-23-33(31(36)28-21-13-14-22-29(28)34-32(33)37)38-30(35)24-39(25-15-7-4-8-16-25,26-17-9-5-10-18-26)27-19-11-6-12-20-27;/h4-22H,2-3,23-24H2,1H3;1H. The van der Waals surface area contributed by atoms with Gasteiger partial charge in [-0.05, 0) is 55.0 Å². The van der Waals surface area contributed by atoms with Crippen molar-refractivity contribution in [3.63, 3.8) is 0 Å². The molecule has 0 saturated carbocycles. The highest BCUT2D eigenvalue weighted by molar-refractivity contribution is 7.96. The smallest absolute Gasteiger partial charge is 0.346 e. The van der Waals surface area contributed by atoms with Crippen molar-refractivity contribution in [3.05, 3.63) is 121 Å². The van der Waals surface area contributed by atoms with E-state index in [1.807, 2.05) is 97.9 Å². The van der Waals surface area contributed by atoms with Crippen LogP contribution in [0.5, 0.6) is 0 Å². The fourth-order valence-corrected chi connectivity index (χ4v) is 9.26. The number of halogens is 1. The Bertz CT molecular complexity index is 1380. The summed E-state index contributed by atoms with van der Waals surface area (Å²) in [5.41, 5.74) is -1.10. The maximum absolute atomic E-state index is 14.1. The van der Waals surface area contributed by atoms with Gasteiger partial charge >= 0.3 is 5.97 Å². The maximum Gasteiger partial charge on any atom is 0.346 e. The lowest BCUT2D eigenvalue weighted by Crippen LogP contribution is -3.00. The fraction of sp³-hybridized carbons (Fsp3) is 0.182. The normalized spacial score (nSPS) is 16.3. The number of para-hydroxylation sites is 1. The number of unbranched alkanes of at least 4 members (excludes halogenated alkanes) is 1. The van der Waals surface area contributed by atoms with Crippen molar-refractivity contribution < 1.29 is 36.1 Å². The number of nitrogens with one attached hydrogen (secondary N) is 1. The summed E-state index contributed by atoms with van der Waals surface area (Å²) in [6.45, 7) is 1.98. The van der Waals surface area contributed by atoms with Crippen molar-refractivity contribution in [1.29, 1.82) is 0 Å². The van der Waals surface area contributed by atoms with E-state index < -0.39 is 30.5 Å². The largest absolute Gasteiger partial charge is 1.00 e. The summed E-state index contributed by atoms with van der Waals surface area (Å²) in [7, 11) is -2.56. The molecule has 0 aromatic heterocycles. The monoisotopic (exact) mass is 615 g/mol. The van der Waals surface area contributed by atoms with E-state index in [1.165, 1.54) is 0 Å². The van der Waals surface area contributed by atoms with Crippen molar-refractivity contribution in [2.24, 2.45) is 0 Å². The first-order chi connectivity index (χ1) is 19.0. The minimum atomic E-state index is -2.56. The molecule has 1 aliphatic heterocycles. The number of ether oxygens (including phenoxy) is 1. The number of benzene rings is 4. The predicted octanol–water partition coefficient (Wildman–Crippen LogP) is 2.29. The number of fused-ring (bicyclic) bond motifs is 1. The summed E-state index contributed by atoms with van der Waals surface area (Å²) < 4.78 is 6.11. The van der Waals surface area contributed by atoms with Gasteiger partial charge in [0.1, 0.15) is 23.2 Å². The molecule has 0 spiro atoms. The molecule has 0 radical (unpaired) electrons. The summed E-state index contributed by atoms with van der Waals surface area (Å²) in [5.74, 6) is -1.62. The molecule has 5 rings (SSSR count). The molecule has 0 aliphatic carbocycles. The molecule has 0 bridgehead atoms. The van der Waals surface area contributed by atoms with Crippen LogP contribution in [0.1, 0.15) is 36.5 Å². The van der Waals surface area contributed by atoms with Crippen molar-refractivity contribution >= 4 is 46.5 Å². The molecule has 1 heterocycles. The molecule has 4 aromatic rings. The van der Waals surface area contributed by atoms with Gasteiger partial charge in [0.15, 0.2) is 6.16 Å². The molecule has 204 valence electrons. The van der Waals surface area contributed by atoms with Crippen LogP contribution in [0.3, 0.4) is 0 Å². The average Bonchev–Trinajstić information content (AvgIpc) is 2.99. The first kappa shape index (κ1) is 29.4. The van der Waals surface area contributed by atoms with Gasteiger partial charge in [-0.2, -0.15) is 0 Å². The van der Waals surface area contributed by atoms with Gasteiger partial charge in [-0.1, -0.05) is 80.1 Å². The summed E-state index contributed by atoms with van der Waals surface area (Å²) in [4.78, 5) is 41.4. The number of carbonyl (C=O) groups excluding carboxylic acids is 3. The number of amides is 1. The Balaban J connectivity index is 0.00000370. The highest BCUT2D eigenvalue weighted by Gasteiger charge is 2.55. The molecule has 0 fully saturated rings. The Morgan fingerprint density at radius 1 is 0.750 bits per heavy atom. The van der Waals surface area contributed by atoms with Gasteiger partial charge in [-0.3, -0.25) is 9.59 Å². The number of anilines is 1. The SMILES string of the molecule is CCCCC1(OC(=O)C[P+](c2ccccc2)(c2ccccc2)c2ccccc2)C(=O)Nc2ccccc2C1=O.[Br-]. The van der Waals surface area contributed by atoms with Crippen LogP contribution in [0.4, 0.5) is 5.69 Å². The zero-order valence-corrected chi connectivity index (χ0v) is 24.7. The third-order valence-electron chi connectivity index (χ3n) is 7.28. The molecule has 1 unspecified atom stereocenters. The fourth-order valence-electron chi connectivity index (χ4n) is 5.32. The molecule has 7 heteroatoms. The molecule has 1 amide bonds. The predicted molar refractivity (Wildman–Crippen MR) is 158 cm³/mol. The van der Waals surface area contributed by atoms with Crippen molar-refractivity contribution in [2.75, 3.05) is 11.5 Å². The van der Waals surface area contributed by atoms with Crippen LogP contribution in [0.2, 0.25) is 0 Å². The second-order valence-electron chi connectivity index (χ2n) is 9.71. The number of ketones is 1. The van der Waals surface area contributed by atoms with Crippen LogP contribution in [0, 0.1) is 0 Å². The van der Waals surface area contributed by atoms with E-state index in [0.29, 0.717) is 17.7 Å². The highest BCUT2D eigenvalue weighted by atomic mass is 79.9. The van der Waals surface area contributed by atoms with E-state index >= 15 is 0 Å². The average molecular weight is 616 g/mol. The van der Waals surface area contributed by atoms with Gasteiger partial charge in [0, 0.05) is 12.0 Å². The number of hydrogen-bond donors (Lipinski definition) is 1. The summed E-state index contributed by atoms with van der Waals surface area (Å²) in [5, 5.41) is 5.89. The second kappa shape index (κ2) is 12.7. The molecule has 1 N–H and O–H groups in total. The molecule has 1 aliphatic rings. The van der Waals surface area contributed by atoms with Crippen molar-refractivity contribution in [3.8, 4) is 0 Å². The third kappa shape index (κ3) is 5.39. The van der Waals surface area contributed by atoms with Crippen LogP contribution in [0.15, 0.2) is 115 Å². The molecular formula is C33H31BrNO4P. The van der Waals surface area contributed by atoms with E-state index in [4.69, 9.17) is 4.74 Å². The van der Waals surface area contributed by atoms with E-state index in [1.54, 1.807) is 24.3 Å². The van der Waals surface area contributed by atoms with Crippen LogP contribution in [-0.4, -0.2) is 29.4 Å². The van der Waals surface area contributed by atoms with Crippen molar-refractivity contribution in [2.45, 2.75) is 31.8 Å². The van der Waals surface area contributed by atoms with E-state index in [9.17, 15) is 14.4 Å².